The summed E-state index contributed by atoms with van der Waals surface area (Å²) in [5.41, 5.74) is 0. The minimum absolute atomic E-state index is 0.613. The van der Waals surface area contributed by atoms with Gasteiger partial charge in [-0.05, 0) is 18.6 Å². The average Bonchev–Trinajstić information content (AvgIpc) is 2.28. The van der Waals surface area contributed by atoms with Crippen LogP contribution < -0.4 is 9.47 Å². The molecule has 0 amide bonds. The van der Waals surface area contributed by atoms with E-state index in [1.807, 2.05) is 30.0 Å². The van der Waals surface area contributed by atoms with E-state index in [4.69, 9.17) is 9.47 Å². The van der Waals surface area contributed by atoms with Gasteiger partial charge >= 0.3 is 0 Å². The molecule has 0 saturated heterocycles. The van der Waals surface area contributed by atoms with E-state index in [1.54, 1.807) is 14.2 Å². The van der Waals surface area contributed by atoms with Gasteiger partial charge in [-0.15, -0.1) is 11.8 Å². The Bertz CT molecular complexity index is 290. The molecule has 3 heteroatoms. The molecule has 1 aromatic rings. The minimum Gasteiger partial charge on any atom is -0.497 e. The summed E-state index contributed by atoms with van der Waals surface area (Å²) in [6, 6.07) is 5.97. The van der Waals surface area contributed by atoms with Crippen LogP contribution in [0, 0.1) is 0 Å². The van der Waals surface area contributed by atoms with E-state index in [0.717, 1.165) is 17.9 Å². The molecule has 0 bridgehead atoms. The molecule has 0 saturated carbocycles. The molecule has 0 radical (unpaired) electrons. The second kappa shape index (κ2) is 5.91. The summed E-state index contributed by atoms with van der Waals surface area (Å²) in [6.45, 7) is 4.41. The van der Waals surface area contributed by atoms with Gasteiger partial charge in [0, 0.05) is 16.2 Å². The van der Waals surface area contributed by atoms with Crippen molar-refractivity contribution in [1.82, 2.24) is 0 Å². The SMILES string of the molecule is CCC(C)Sc1cc(OC)cc(OC)c1. The first kappa shape index (κ1) is 12.2. The Balaban J connectivity index is 2.86. The molecule has 0 fully saturated rings. The van der Waals surface area contributed by atoms with E-state index in [9.17, 15) is 0 Å². The first-order valence-corrected chi connectivity index (χ1v) is 5.97. The summed E-state index contributed by atoms with van der Waals surface area (Å²) >= 11 is 1.84. The fourth-order valence-corrected chi connectivity index (χ4v) is 2.16. The smallest absolute Gasteiger partial charge is 0.123 e. The Morgan fingerprint density at radius 1 is 1.13 bits per heavy atom. The highest BCUT2D eigenvalue weighted by Gasteiger charge is 2.05. The zero-order chi connectivity index (χ0) is 11.3. The standard InChI is InChI=1S/C12H18O2S/c1-5-9(2)15-12-7-10(13-3)6-11(8-12)14-4/h6-9H,5H2,1-4H3. The second-order valence-corrected chi connectivity index (χ2v) is 4.90. The van der Waals surface area contributed by atoms with Crippen LogP contribution in [-0.4, -0.2) is 19.5 Å². The lowest BCUT2D eigenvalue weighted by Crippen LogP contribution is -1.93. The lowest BCUT2D eigenvalue weighted by Gasteiger charge is -2.11. The first-order chi connectivity index (χ1) is 7.19. The van der Waals surface area contributed by atoms with Crippen LogP contribution >= 0.6 is 11.8 Å². The molecule has 0 aliphatic carbocycles. The summed E-state index contributed by atoms with van der Waals surface area (Å²) in [7, 11) is 3.35. The number of thioether (sulfide) groups is 1. The molecular weight excluding hydrogens is 208 g/mol. The van der Waals surface area contributed by atoms with Crippen molar-refractivity contribution < 1.29 is 9.47 Å². The Kier molecular flexibility index (Phi) is 4.82. The molecule has 15 heavy (non-hydrogen) atoms. The summed E-state index contributed by atoms with van der Waals surface area (Å²) in [4.78, 5) is 1.19. The maximum Gasteiger partial charge on any atom is 0.123 e. The summed E-state index contributed by atoms with van der Waals surface area (Å²) in [6.07, 6.45) is 1.16. The van der Waals surface area contributed by atoms with Gasteiger partial charge in [0.05, 0.1) is 14.2 Å². The van der Waals surface area contributed by atoms with Gasteiger partial charge in [-0.2, -0.15) is 0 Å². The molecule has 1 rings (SSSR count). The van der Waals surface area contributed by atoms with Crippen LogP contribution in [-0.2, 0) is 0 Å². The number of hydrogen-bond acceptors (Lipinski definition) is 3. The molecule has 0 N–H and O–H groups in total. The van der Waals surface area contributed by atoms with E-state index < -0.39 is 0 Å². The van der Waals surface area contributed by atoms with Crippen LogP contribution in [0.15, 0.2) is 23.1 Å². The van der Waals surface area contributed by atoms with E-state index in [-0.39, 0.29) is 0 Å². The monoisotopic (exact) mass is 226 g/mol. The van der Waals surface area contributed by atoms with Crippen LogP contribution in [0.3, 0.4) is 0 Å². The maximum absolute atomic E-state index is 5.22. The van der Waals surface area contributed by atoms with Gasteiger partial charge in [0.15, 0.2) is 0 Å². The highest BCUT2D eigenvalue weighted by atomic mass is 32.2. The van der Waals surface area contributed by atoms with Gasteiger partial charge in [0.1, 0.15) is 11.5 Å². The molecular formula is C12H18O2S. The van der Waals surface area contributed by atoms with Gasteiger partial charge in [0.2, 0.25) is 0 Å². The van der Waals surface area contributed by atoms with E-state index >= 15 is 0 Å². The third kappa shape index (κ3) is 3.67. The quantitative estimate of drug-likeness (QED) is 0.715. The van der Waals surface area contributed by atoms with Crippen molar-refractivity contribution in [3.8, 4) is 11.5 Å². The second-order valence-electron chi connectivity index (χ2n) is 3.39. The van der Waals surface area contributed by atoms with E-state index in [0.29, 0.717) is 5.25 Å². The van der Waals surface area contributed by atoms with Crippen LogP contribution in [0.4, 0.5) is 0 Å². The van der Waals surface area contributed by atoms with Crippen LogP contribution in [0.25, 0.3) is 0 Å². The molecule has 1 atom stereocenters. The van der Waals surface area contributed by atoms with Gasteiger partial charge < -0.3 is 9.47 Å². The number of rotatable bonds is 5. The van der Waals surface area contributed by atoms with Crippen molar-refractivity contribution in [2.45, 2.75) is 30.4 Å². The Morgan fingerprint density at radius 3 is 2.07 bits per heavy atom. The van der Waals surface area contributed by atoms with Gasteiger partial charge in [-0.25, -0.2) is 0 Å². The zero-order valence-corrected chi connectivity index (χ0v) is 10.6. The maximum atomic E-state index is 5.22. The summed E-state index contributed by atoms with van der Waals surface area (Å²) < 4.78 is 10.4. The van der Waals surface area contributed by atoms with Crippen molar-refractivity contribution in [2.75, 3.05) is 14.2 Å². The molecule has 1 unspecified atom stereocenters. The summed E-state index contributed by atoms with van der Waals surface area (Å²) in [5, 5.41) is 0.613. The normalized spacial score (nSPS) is 12.3. The molecule has 84 valence electrons. The van der Waals surface area contributed by atoms with Crippen molar-refractivity contribution in [3.05, 3.63) is 18.2 Å². The molecule has 0 aliphatic rings. The van der Waals surface area contributed by atoms with E-state index in [1.165, 1.54) is 4.90 Å². The number of methoxy groups -OCH3 is 2. The molecule has 0 heterocycles. The predicted octanol–water partition coefficient (Wildman–Crippen LogP) is 3.59. The fourth-order valence-electron chi connectivity index (χ4n) is 1.17. The highest BCUT2D eigenvalue weighted by Crippen LogP contribution is 2.32. The largest absolute Gasteiger partial charge is 0.497 e. The number of hydrogen-bond donors (Lipinski definition) is 0. The molecule has 0 spiro atoms. The highest BCUT2D eigenvalue weighted by molar-refractivity contribution is 7.99. The Hall–Kier alpha value is -0.830. The minimum atomic E-state index is 0.613. The zero-order valence-electron chi connectivity index (χ0n) is 9.74. The number of benzene rings is 1. The van der Waals surface area contributed by atoms with Crippen molar-refractivity contribution >= 4 is 11.8 Å². The molecule has 0 aromatic heterocycles. The third-order valence-electron chi connectivity index (χ3n) is 2.24. The van der Waals surface area contributed by atoms with Gasteiger partial charge in [-0.1, -0.05) is 13.8 Å². The third-order valence-corrected chi connectivity index (χ3v) is 3.48. The fraction of sp³-hybridized carbons (Fsp3) is 0.500. The van der Waals surface area contributed by atoms with Crippen molar-refractivity contribution in [3.63, 3.8) is 0 Å². The van der Waals surface area contributed by atoms with Gasteiger partial charge in [0.25, 0.3) is 0 Å². The van der Waals surface area contributed by atoms with Crippen LogP contribution in [0.2, 0.25) is 0 Å². The average molecular weight is 226 g/mol. The van der Waals surface area contributed by atoms with Crippen molar-refractivity contribution in [2.24, 2.45) is 0 Å². The molecule has 1 aromatic carbocycles. The van der Waals surface area contributed by atoms with Crippen LogP contribution in [0.5, 0.6) is 11.5 Å². The van der Waals surface area contributed by atoms with Crippen LogP contribution in [0.1, 0.15) is 20.3 Å². The van der Waals surface area contributed by atoms with Crippen molar-refractivity contribution in [1.29, 1.82) is 0 Å². The summed E-state index contributed by atoms with van der Waals surface area (Å²) in [5.74, 6) is 1.69. The lowest BCUT2D eigenvalue weighted by molar-refractivity contribution is 0.392. The molecule has 2 nitrogen and oxygen atoms in total. The number of ether oxygens (including phenoxy) is 2. The molecule has 0 aliphatic heterocycles. The predicted molar refractivity (Wildman–Crippen MR) is 65.2 cm³/mol. The first-order valence-electron chi connectivity index (χ1n) is 5.09. The van der Waals surface area contributed by atoms with E-state index in [2.05, 4.69) is 13.8 Å². The Morgan fingerprint density at radius 2 is 1.67 bits per heavy atom. The lowest BCUT2D eigenvalue weighted by atomic mass is 10.3. The Labute approximate surface area is 96.0 Å². The topological polar surface area (TPSA) is 18.5 Å². The van der Waals surface area contributed by atoms with Gasteiger partial charge in [-0.3, -0.25) is 0 Å².